The second kappa shape index (κ2) is 8.82. The third-order valence-corrected chi connectivity index (χ3v) is 5.11. The van der Waals surface area contributed by atoms with Crippen molar-refractivity contribution in [3.8, 4) is 17.1 Å². The highest BCUT2D eigenvalue weighted by atomic mass is 35.5. The fraction of sp³-hybridized carbons (Fsp3) is 0.300. The van der Waals surface area contributed by atoms with E-state index in [0.717, 1.165) is 25.2 Å². The molecule has 148 valence electrons. The number of carbonyl (C=O) groups is 1. The van der Waals surface area contributed by atoms with E-state index in [9.17, 15) is 4.79 Å². The zero-order chi connectivity index (χ0) is 18.8. The van der Waals surface area contributed by atoms with E-state index in [-0.39, 0.29) is 24.4 Å². The van der Waals surface area contributed by atoms with Gasteiger partial charge in [0.25, 0.3) is 5.91 Å². The van der Waals surface area contributed by atoms with Crippen molar-refractivity contribution in [2.75, 3.05) is 13.1 Å². The Balaban J connectivity index is 0.00000225. The van der Waals surface area contributed by atoms with Gasteiger partial charge < -0.3 is 15.1 Å². The van der Waals surface area contributed by atoms with Gasteiger partial charge in [-0.15, -0.1) is 12.4 Å². The number of halogens is 2. The number of piperidine rings is 1. The third-order valence-electron chi connectivity index (χ3n) is 4.87. The predicted molar refractivity (Wildman–Crippen MR) is 111 cm³/mol. The number of carbonyl (C=O) groups excluding carboxylic acids is 1. The summed E-state index contributed by atoms with van der Waals surface area (Å²) in [7, 11) is 0. The van der Waals surface area contributed by atoms with E-state index < -0.39 is 0 Å². The van der Waals surface area contributed by atoms with E-state index in [4.69, 9.17) is 16.0 Å². The first-order chi connectivity index (χ1) is 13.1. The van der Waals surface area contributed by atoms with Gasteiger partial charge in [0.2, 0.25) is 0 Å². The number of furan rings is 1. The van der Waals surface area contributed by atoms with Crippen LogP contribution in [-0.2, 0) is 0 Å². The summed E-state index contributed by atoms with van der Waals surface area (Å²) in [5.41, 5.74) is 1.82. The second-order valence-electron chi connectivity index (χ2n) is 6.83. The van der Waals surface area contributed by atoms with Crippen molar-refractivity contribution in [2.45, 2.75) is 19.4 Å². The van der Waals surface area contributed by atoms with E-state index in [2.05, 4.69) is 22.7 Å². The van der Waals surface area contributed by atoms with Crippen LogP contribution in [0.4, 0.5) is 0 Å². The van der Waals surface area contributed by atoms with Gasteiger partial charge in [-0.05, 0) is 55.8 Å². The topological polar surface area (TPSA) is 72.1 Å². The smallest absolute Gasteiger partial charge is 0.272 e. The molecular formula is C20H22Cl2N4O2. The molecule has 2 unspecified atom stereocenters. The summed E-state index contributed by atoms with van der Waals surface area (Å²) < 4.78 is 7.22. The lowest BCUT2D eigenvalue weighted by molar-refractivity contribution is 0.0908. The van der Waals surface area contributed by atoms with Gasteiger partial charge in [-0.1, -0.05) is 24.6 Å². The van der Waals surface area contributed by atoms with Gasteiger partial charge in [-0.2, -0.15) is 5.10 Å². The van der Waals surface area contributed by atoms with E-state index in [1.807, 2.05) is 18.2 Å². The lowest BCUT2D eigenvalue weighted by atomic mass is 9.95. The molecule has 2 aromatic heterocycles. The van der Waals surface area contributed by atoms with Crippen LogP contribution in [0, 0.1) is 5.92 Å². The number of aromatic nitrogens is 2. The van der Waals surface area contributed by atoms with E-state index in [1.165, 1.54) is 0 Å². The molecule has 1 amide bonds. The largest absolute Gasteiger partial charge is 0.463 e. The summed E-state index contributed by atoms with van der Waals surface area (Å²) in [5, 5.41) is 11.6. The molecule has 1 aromatic carbocycles. The minimum absolute atomic E-state index is 0. The third kappa shape index (κ3) is 4.24. The van der Waals surface area contributed by atoms with E-state index in [1.54, 1.807) is 35.2 Å². The normalized spacial score (nSPS) is 19.1. The van der Waals surface area contributed by atoms with Crippen molar-refractivity contribution in [3.63, 3.8) is 0 Å². The summed E-state index contributed by atoms with van der Waals surface area (Å²) >= 11 is 6.14. The van der Waals surface area contributed by atoms with Gasteiger partial charge in [-0.25, -0.2) is 4.68 Å². The van der Waals surface area contributed by atoms with Gasteiger partial charge in [0, 0.05) is 17.1 Å². The lowest BCUT2D eigenvalue weighted by Gasteiger charge is -2.29. The summed E-state index contributed by atoms with van der Waals surface area (Å²) in [4.78, 5) is 12.8. The molecule has 4 rings (SSSR count). The van der Waals surface area contributed by atoms with Crippen LogP contribution in [-0.4, -0.2) is 34.8 Å². The highest BCUT2D eigenvalue weighted by Crippen LogP contribution is 2.26. The molecule has 2 N–H and O–H groups in total. The van der Waals surface area contributed by atoms with Crippen molar-refractivity contribution in [1.82, 2.24) is 20.4 Å². The van der Waals surface area contributed by atoms with Gasteiger partial charge in [0.05, 0.1) is 12.0 Å². The number of nitrogens with zero attached hydrogens (tertiary/aromatic N) is 2. The van der Waals surface area contributed by atoms with Crippen LogP contribution in [0.25, 0.3) is 17.1 Å². The number of benzene rings is 1. The minimum Gasteiger partial charge on any atom is -0.463 e. The average molecular weight is 421 g/mol. The SMILES string of the molecule is CC1CNCCC1NC(=O)c1cc(-c2ccco2)n(-c2cccc(Cl)c2)n1.Cl. The van der Waals surface area contributed by atoms with Crippen LogP contribution in [0.2, 0.25) is 5.02 Å². The maximum atomic E-state index is 12.8. The van der Waals surface area contributed by atoms with Crippen LogP contribution in [0.15, 0.2) is 53.1 Å². The Morgan fingerprint density at radius 3 is 2.89 bits per heavy atom. The molecule has 1 fully saturated rings. The minimum atomic E-state index is -0.178. The maximum Gasteiger partial charge on any atom is 0.272 e. The zero-order valence-corrected chi connectivity index (χ0v) is 17.0. The van der Waals surface area contributed by atoms with Crippen molar-refractivity contribution in [2.24, 2.45) is 5.92 Å². The second-order valence-corrected chi connectivity index (χ2v) is 7.27. The van der Waals surface area contributed by atoms with Crippen molar-refractivity contribution < 1.29 is 9.21 Å². The predicted octanol–water partition coefficient (Wildman–Crippen LogP) is 3.94. The quantitative estimate of drug-likeness (QED) is 0.670. The summed E-state index contributed by atoms with van der Waals surface area (Å²) in [6.07, 6.45) is 2.51. The number of hydrogen-bond donors (Lipinski definition) is 2. The first kappa shape index (κ1) is 20.5. The molecule has 3 heterocycles. The van der Waals surface area contributed by atoms with Gasteiger partial charge in [-0.3, -0.25) is 4.79 Å². The van der Waals surface area contributed by atoms with Gasteiger partial charge in [0.15, 0.2) is 11.5 Å². The fourth-order valence-corrected chi connectivity index (χ4v) is 3.55. The highest BCUT2D eigenvalue weighted by molar-refractivity contribution is 6.30. The van der Waals surface area contributed by atoms with Crippen LogP contribution in [0.5, 0.6) is 0 Å². The Hall–Kier alpha value is -2.28. The standard InChI is InChI=1S/C20H21ClN4O2.ClH/c1-13-12-22-8-7-16(13)23-20(26)17-11-18(19-6-3-9-27-19)25(24-17)15-5-2-4-14(21)10-15;/h2-6,9-11,13,16,22H,7-8,12H2,1H3,(H,23,26);1H. The fourth-order valence-electron chi connectivity index (χ4n) is 3.37. The zero-order valence-electron chi connectivity index (χ0n) is 15.4. The Morgan fingerprint density at radius 2 is 2.18 bits per heavy atom. The Labute approximate surface area is 174 Å². The summed E-state index contributed by atoms with van der Waals surface area (Å²) in [5.74, 6) is 0.835. The average Bonchev–Trinajstić information content (AvgIpc) is 3.33. The molecule has 1 aliphatic rings. The molecule has 2 atom stereocenters. The Morgan fingerprint density at radius 1 is 1.32 bits per heavy atom. The highest BCUT2D eigenvalue weighted by Gasteiger charge is 2.25. The molecule has 3 aromatic rings. The Kier molecular flexibility index (Phi) is 6.44. The number of nitrogens with one attached hydrogen (secondary N) is 2. The molecule has 28 heavy (non-hydrogen) atoms. The molecule has 8 heteroatoms. The molecule has 0 aliphatic carbocycles. The van der Waals surface area contributed by atoms with Crippen molar-refractivity contribution in [3.05, 3.63) is 59.4 Å². The first-order valence-electron chi connectivity index (χ1n) is 9.03. The molecule has 1 aliphatic heterocycles. The monoisotopic (exact) mass is 420 g/mol. The molecule has 0 bridgehead atoms. The van der Waals surface area contributed by atoms with Crippen LogP contribution in [0.3, 0.4) is 0 Å². The van der Waals surface area contributed by atoms with E-state index >= 15 is 0 Å². The number of rotatable bonds is 4. The van der Waals surface area contributed by atoms with Crippen LogP contribution in [0.1, 0.15) is 23.8 Å². The molecule has 0 saturated carbocycles. The Bertz CT molecular complexity index is 940. The van der Waals surface area contributed by atoms with Crippen LogP contribution < -0.4 is 10.6 Å². The first-order valence-corrected chi connectivity index (χ1v) is 9.41. The van der Waals surface area contributed by atoms with E-state index in [0.29, 0.717) is 28.1 Å². The molecule has 0 spiro atoms. The molecular weight excluding hydrogens is 399 g/mol. The number of hydrogen-bond acceptors (Lipinski definition) is 4. The summed E-state index contributed by atoms with van der Waals surface area (Å²) in [6.45, 7) is 3.94. The van der Waals surface area contributed by atoms with Crippen molar-refractivity contribution >= 4 is 29.9 Å². The van der Waals surface area contributed by atoms with Gasteiger partial charge >= 0.3 is 0 Å². The lowest BCUT2D eigenvalue weighted by Crippen LogP contribution is -2.48. The maximum absolute atomic E-state index is 12.8. The van der Waals surface area contributed by atoms with Gasteiger partial charge in [0.1, 0.15) is 5.69 Å². The van der Waals surface area contributed by atoms with Crippen LogP contribution >= 0.6 is 24.0 Å². The van der Waals surface area contributed by atoms with Crippen molar-refractivity contribution in [1.29, 1.82) is 0 Å². The molecule has 0 radical (unpaired) electrons. The molecule has 6 nitrogen and oxygen atoms in total. The molecule has 1 saturated heterocycles. The summed E-state index contributed by atoms with van der Waals surface area (Å²) in [6, 6.07) is 12.9. The number of amides is 1.